The van der Waals surface area contributed by atoms with Gasteiger partial charge in [-0.05, 0) is 54.2 Å². The molecule has 0 aromatic heterocycles. The number of amides is 1. The van der Waals surface area contributed by atoms with Gasteiger partial charge in [0.2, 0.25) is 5.91 Å². The highest BCUT2D eigenvalue weighted by molar-refractivity contribution is 6.35. The zero-order valence-corrected chi connectivity index (χ0v) is 17.0. The van der Waals surface area contributed by atoms with Crippen LogP contribution in [0.3, 0.4) is 0 Å². The number of anilines is 1. The number of carbonyl (C=O) groups is 1. The first-order valence-electron chi connectivity index (χ1n) is 8.79. The topological polar surface area (TPSA) is 38.3 Å². The van der Waals surface area contributed by atoms with Crippen molar-refractivity contribution in [2.24, 2.45) is 0 Å². The zero-order chi connectivity index (χ0) is 19.2. The maximum Gasteiger partial charge on any atom is 0.224 e. The van der Waals surface area contributed by atoms with Crippen molar-refractivity contribution in [2.45, 2.75) is 45.4 Å². The average molecular weight is 394 g/mol. The number of rotatable bonds is 8. The highest BCUT2D eigenvalue weighted by Crippen LogP contribution is 2.28. The smallest absolute Gasteiger partial charge is 0.224 e. The summed E-state index contributed by atoms with van der Waals surface area (Å²) in [5.41, 5.74) is 2.06. The van der Waals surface area contributed by atoms with Gasteiger partial charge in [-0.15, -0.1) is 0 Å². The average Bonchev–Trinajstić information content (AvgIpc) is 2.58. The maximum atomic E-state index is 12.0. The van der Waals surface area contributed by atoms with Gasteiger partial charge < -0.3 is 10.1 Å². The fourth-order valence-corrected chi connectivity index (χ4v) is 3.00. The number of nitrogens with one attached hydrogen (secondary N) is 1. The minimum absolute atomic E-state index is 0.0908. The second kappa shape index (κ2) is 9.29. The molecule has 0 aliphatic carbocycles. The largest absolute Gasteiger partial charge is 0.494 e. The number of hydrogen-bond donors (Lipinski definition) is 1. The molecule has 3 nitrogen and oxygen atoms in total. The van der Waals surface area contributed by atoms with Gasteiger partial charge in [0, 0.05) is 22.2 Å². The van der Waals surface area contributed by atoms with Gasteiger partial charge >= 0.3 is 0 Å². The first-order valence-corrected chi connectivity index (χ1v) is 9.55. The van der Waals surface area contributed by atoms with Crippen molar-refractivity contribution in [3.8, 4) is 5.75 Å². The second-order valence-electron chi connectivity index (χ2n) is 6.92. The molecule has 0 saturated heterocycles. The first kappa shape index (κ1) is 20.6. The van der Waals surface area contributed by atoms with Crippen molar-refractivity contribution < 1.29 is 9.53 Å². The lowest BCUT2D eigenvalue weighted by molar-refractivity contribution is -0.116. The van der Waals surface area contributed by atoms with Crippen molar-refractivity contribution in [1.82, 2.24) is 0 Å². The van der Waals surface area contributed by atoms with Gasteiger partial charge in [0.15, 0.2) is 0 Å². The number of benzene rings is 2. The van der Waals surface area contributed by atoms with Crippen LogP contribution in [0, 0.1) is 0 Å². The number of halogens is 2. The maximum absolute atomic E-state index is 12.0. The predicted molar refractivity (Wildman–Crippen MR) is 110 cm³/mol. The highest BCUT2D eigenvalue weighted by Gasteiger charge is 2.17. The summed E-state index contributed by atoms with van der Waals surface area (Å²) in [4.78, 5) is 12.0. The van der Waals surface area contributed by atoms with E-state index in [2.05, 4.69) is 38.2 Å². The molecule has 0 bridgehead atoms. The molecule has 0 radical (unpaired) electrons. The minimum Gasteiger partial charge on any atom is -0.494 e. The fourth-order valence-electron chi connectivity index (χ4n) is 2.48. The van der Waals surface area contributed by atoms with E-state index < -0.39 is 0 Å². The Morgan fingerprint density at radius 1 is 1.08 bits per heavy atom. The first-order chi connectivity index (χ1) is 12.3. The zero-order valence-electron chi connectivity index (χ0n) is 15.4. The van der Waals surface area contributed by atoms with Gasteiger partial charge in [-0.1, -0.05) is 56.1 Å². The van der Waals surface area contributed by atoms with Crippen LogP contribution in [0.4, 0.5) is 5.69 Å². The van der Waals surface area contributed by atoms with Crippen LogP contribution in [0.15, 0.2) is 42.5 Å². The Balaban J connectivity index is 1.75. The Morgan fingerprint density at radius 2 is 1.69 bits per heavy atom. The number of hydrogen-bond acceptors (Lipinski definition) is 2. The molecule has 0 spiro atoms. The Kier molecular flexibility index (Phi) is 7.36. The van der Waals surface area contributed by atoms with E-state index in [0.29, 0.717) is 35.2 Å². The summed E-state index contributed by atoms with van der Waals surface area (Å²) in [5, 5.41) is 3.77. The summed E-state index contributed by atoms with van der Waals surface area (Å²) < 4.78 is 5.72. The second-order valence-corrected chi connectivity index (χ2v) is 7.79. The van der Waals surface area contributed by atoms with Crippen molar-refractivity contribution >= 4 is 34.8 Å². The van der Waals surface area contributed by atoms with Crippen LogP contribution in [0.25, 0.3) is 0 Å². The molecule has 1 N–H and O–H groups in total. The number of ether oxygens (including phenoxy) is 1. The molecule has 26 heavy (non-hydrogen) atoms. The molecular formula is C21H25Cl2NO2. The molecule has 0 aliphatic rings. The monoisotopic (exact) mass is 393 g/mol. The van der Waals surface area contributed by atoms with Crippen molar-refractivity contribution in [1.29, 1.82) is 0 Å². The molecule has 2 aromatic rings. The summed E-state index contributed by atoms with van der Waals surface area (Å²) in [6.45, 7) is 7.14. The molecule has 0 unspecified atom stereocenters. The Hall–Kier alpha value is -1.71. The van der Waals surface area contributed by atoms with Crippen LogP contribution in [0.1, 0.15) is 45.6 Å². The van der Waals surface area contributed by atoms with Crippen LogP contribution in [-0.4, -0.2) is 12.5 Å². The van der Waals surface area contributed by atoms with Crippen LogP contribution < -0.4 is 10.1 Å². The number of carbonyl (C=O) groups excluding carboxylic acids is 1. The van der Waals surface area contributed by atoms with Gasteiger partial charge in [-0.25, -0.2) is 0 Å². The van der Waals surface area contributed by atoms with Crippen molar-refractivity contribution in [3.63, 3.8) is 0 Å². The molecule has 1 amide bonds. The normalized spacial score (nSPS) is 11.3. The van der Waals surface area contributed by atoms with E-state index in [9.17, 15) is 4.79 Å². The molecule has 0 saturated carbocycles. The van der Waals surface area contributed by atoms with E-state index >= 15 is 0 Å². The molecule has 0 aliphatic heterocycles. The van der Waals surface area contributed by atoms with Gasteiger partial charge in [0.1, 0.15) is 5.75 Å². The molecule has 5 heteroatoms. The third kappa shape index (κ3) is 6.22. The van der Waals surface area contributed by atoms with Crippen LogP contribution >= 0.6 is 23.2 Å². The summed E-state index contributed by atoms with van der Waals surface area (Å²) in [5.74, 6) is 0.731. The van der Waals surface area contributed by atoms with E-state index in [-0.39, 0.29) is 11.3 Å². The Labute approximate surface area is 165 Å². The molecule has 2 rings (SSSR count). The third-order valence-corrected chi connectivity index (χ3v) is 4.92. The minimum atomic E-state index is -0.0908. The lowest BCUT2D eigenvalue weighted by Crippen LogP contribution is -2.15. The van der Waals surface area contributed by atoms with Gasteiger partial charge in [-0.3, -0.25) is 4.79 Å². The van der Waals surface area contributed by atoms with Gasteiger partial charge in [-0.2, -0.15) is 0 Å². The van der Waals surface area contributed by atoms with Gasteiger partial charge in [0.05, 0.1) is 6.61 Å². The fraction of sp³-hybridized carbons (Fsp3) is 0.381. The van der Waals surface area contributed by atoms with Crippen molar-refractivity contribution in [3.05, 3.63) is 58.1 Å². The summed E-state index contributed by atoms with van der Waals surface area (Å²) >= 11 is 11.8. The van der Waals surface area contributed by atoms with E-state index in [1.165, 1.54) is 5.56 Å². The highest BCUT2D eigenvalue weighted by atomic mass is 35.5. The molecule has 0 fully saturated rings. The van der Waals surface area contributed by atoms with Crippen LogP contribution in [-0.2, 0) is 10.2 Å². The lowest BCUT2D eigenvalue weighted by Gasteiger charge is -2.23. The van der Waals surface area contributed by atoms with Crippen LogP contribution in [0.2, 0.25) is 10.0 Å². The predicted octanol–water partition coefficient (Wildman–Crippen LogP) is 6.48. The SMILES string of the molecule is CCC(C)(C)c1ccc(OCCCC(=O)Nc2cc(Cl)cc(Cl)c2)cc1. The lowest BCUT2D eigenvalue weighted by atomic mass is 9.82. The molecule has 2 aromatic carbocycles. The molecule has 140 valence electrons. The summed E-state index contributed by atoms with van der Waals surface area (Å²) in [6, 6.07) is 13.1. The van der Waals surface area contributed by atoms with E-state index in [1.807, 2.05) is 12.1 Å². The van der Waals surface area contributed by atoms with Crippen LogP contribution in [0.5, 0.6) is 5.75 Å². The molecule has 0 atom stereocenters. The Bertz CT molecular complexity index is 722. The van der Waals surface area contributed by atoms with E-state index in [4.69, 9.17) is 27.9 Å². The van der Waals surface area contributed by atoms with E-state index in [0.717, 1.165) is 12.2 Å². The third-order valence-electron chi connectivity index (χ3n) is 4.48. The van der Waals surface area contributed by atoms with E-state index in [1.54, 1.807) is 18.2 Å². The Morgan fingerprint density at radius 3 is 2.27 bits per heavy atom. The molecular weight excluding hydrogens is 369 g/mol. The molecule has 0 heterocycles. The van der Waals surface area contributed by atoms with Gasteiger partial charge in [0.25, 0.3) is 0 Å². The standard InChI is InChI=1S/C21H25Cl2NO2/c1-4-21(2,3)15-7-9-19(10-8-15)26-11-5-6-20(25)24-18-13-16(22)12-17(23)14-18/h7-10,12-14H,4-6,11H2,1-3H3,(H,24,25). The van der Waals surface area contributed by atoms with Crippen molar-refractivity contribution in [2.75, 3.05) is 11.9 Å². The summed E-state index contributed by atoms with van der Waals surface area (Å²) in [6.07, 6.45) is 2.08. The summed E-state index contributed by atoms with van der Waals surface area (Å²) in [7, 11) is 0. The quantitative estimate of drug-likeness (QED) is 0.521.